The molecule has 0 spiro atoms. The van der Waals surface area contributed by atoms with Gasteiger partial charge in [0.1, 0.15) is 0 Å². The topological polar surface area (TPSA) is 118 Å². The Morgan fingerprint density at radius 3 is 2.62 bits per heavy atom. The minimum absolute atomic E-state index is 0.0488. The fourth-order valence-electron chi connectivity index (χ4n) is 5.57. The van der Waals surface area contributed by atoms with E-state index in [0.29, 0.717) is 47.2 Å². The summed E-state index contributed by atoms with van der Waals surface area (Å²) in [5.41, 5.74) is 9.10. The third kappa shape index (κ3) is 4.88. The van der Waals surface area contributed by atoms with Gasteiger partial charge >= 0.3 is 0 Å². The monoisotopic (exact) mass is 539 g/mol. The molecule has 0 atom stereocenters. The Labute approximate surface area is 222 Å². The van der Waals surface area contributed by atoms with Gasteiger partial charge in [-0.2, -0.15) is 0 Å². The lowest BCUT2D eigenvalue weighted by Crippen LogP contribution is -2.49. The Bertz CT molecular complexity index is 1440. The number of hydrogen-bond donors (Lipinski definition) is 2. The van der Waals surface area contributed by atoms with Crippen LogP contribution in [-0.2, 0) is 21.9 Å². The van der Waals surface area contributed by atoms with E-state index in [1.165, 1.54) is 24.7 Å². The van der Waals surface area contributed by atoms with Gasteiger partial charge in [0.15, 0.2) is 5.82 Å². The molecule has 0 saturated heterocycles. The lowest BCUT2D eigenvalue weighted by atomic mass is 9.68. The number of sulfonamides is 1. The molecule has 3 aromatic rings. The van der Waals surface area contributed by atoms with E-state index in [0.717, 1.165) is 25.7 Å². The van der Waals surface area contributed by atoms with Crippen LogP contribution < -0.4 is 10.5 Å². The van der Waals surface area contributed by atoms with E-state index < -0.39 is 10.0 Å². The van der Waals surface area contributed by atoms with Crippen LogP contribution in [0, 0.1) is 0 Å². The molecule has 1 aliphatic carbocycles. The highest BCUT2D eigenvalue weighted by Gasteiger charge is 2.40. The number of nitrogens with one attached hydrogen (secondary N) is 1. The molecule has 8 nitrogen and oxygen atoms in total. The van der Waals surface area contributed by atoms with Gasteiger partial charge in [0.25, 0.3) is 5.91 Å². The zero-order valence-corrected chi connectivity index (χ0v) is 22.2. The maximum atomic E-state index is 13.4. The molecule has 1 fully saturated rings. The summed E-state index contributed by atoms with van der Waals surface area (Å²) in [5, 5.41) is 0.713. The number of halogens is 1. The summed E-state index contributed by atoms with van der Waals surface area (Å²) in [6.45, 7) is 1.14. The number of aromatic nitrogens is 2. The van der Waals surface area contributed by atoms with Crippen LogP contribution in [0.25, 0.3) is 11.4 Å². The second-order valence-electron chi connectivity index (χ2n) is 9.76. The van der Waals surface area contributed by atoms with Crippen molar-refractivity contribution in [2.45, 2.75) is 48.5 Å². The first-order chi connectivity index (χ1) is 17.8. The largest absolute Gasteiger partial charge is 0.335 e. The third-order valence-electron chi connectivity index (χ3n) is 7.80. The zero-order valence-electron chi connectivity index (χ0n) is 20.7. The fraction of sp³-hybridized carbons (Fsp3) is 0.370. The van der Waals surface area contributed by atoms with Gasteiger partial charge in [-0.25, -0.2) is 23.1 Å². The summed E-state index contributed by atoms with van der Waals surface area (Å²) in [6.07, 6.45) is 5.73. The molecule has 2 aromatic carbocycles. The number of hydrogen-bond acceptors (Lipinski definition) is 6. The molecule has 1 saturated carbocycles. The lowest BCUT2D eigenvalue weighted by molar-refractivity contribution is 0.0572. The average Bonchev–Trinajstić information content (AvgIpc) is 2.93. The van der Waals surface area contributed by atoms with E-state index in [1.807, 2.05) is 23.1 Å². The van der Waals surface area contributed by atoms with Crippen molar-refractivity contribution in [2.75, 3.05) is 20.1 Å². The smallest absolute Gasteiger partial charge is 0.257 e. The van der Waals surface area contributed by atoms with Crippen molar-refractivity contribution in [3.05, 3.63) is 76.6 Å². The van der Waals surface area contributed by atoms with E-state index in [4.69, 9.17) is 17.3 Å². The molecule has 5 rings (SSSR count). The number of carbonyl (C=O) groups excluding carboxylic acids is 1. The van der Waals surface area contributed by atoms with E-state index in [2.05, 4.69) is 20.8 Å². The van der Waals surface area contributed by atoms with Crippen LogP contribution in [0.4, 0.5) is 0 Å². The molecule has 1 aromatic heterocycles. The van der Waals surface area contributed by atoms with Crippen LogP contribution in [0.5, 0.6) is 0 Å². The molecule has 0 unspecified atom stereocenters. The van der Waals surface area contributed by atoms with Crippen molar-refractivity contribution in [2.24, 2.45) is 5.73 Å². The van der Waals surface area contributed by atoms with Crippen molar-refractivity contribution in [1.82, 2.24) is 19.6 Å². The summed E-state index contributed by atoms with van der Waals surface area (Å²) in [6, 6.07) is 14.6. The van der Waals surface area contributed by atoms with Gasteiger partial charge < -0.3 is 10.6 Å². The highest BCUT2D eigenvalue weighted by Crippen LogP contribution is 2.41. The molecule has 2 aliphatic rings. The number of nitrogens with two attached hydrogens (primary N) is 1. The molecular formula is C27H30ClN5O3S. The quantitative estimate of drug-likeness (QED) is 0.494. The van der Waals surface area contributed by atoms with Crippen LogP contribution in [0.3, 0.4) is 0 Å². The van der Waals surface area contributed by atoms with Gasteiger partial charge in [-0.05, 0) is 62.6 Å². The molecule has 1 aliphatic heterocycles. The van der Waals surface area contributed by atoms with Crippen molar-refractivity contribution in [3.63, 3.8) is 0 Å². The first kappa shape index (κ1) is 25.8. The third-order valence-corrected chi connectivity index (χ3v) is 9.45. The van der Waals surface area contributed by atoms with E-state index in [1.54, 1.807) is 18.3 Å². The average molecular weight is 540 g/mol. The molecule has 0 bridgehead atoms. The van der Waals surface area contributed by atoms with Crippen LogP contribution in [-0.4, -0.2) is 55.4 Å². The SMILES string of the molecule is CNS(=O)(=O)c1cccc(-c2ncc3c(n2)CCN(C2CCC(CN)(c4cccc(Cl)c4)CC2)C3=O)c1. The maximum Gasteiger partial charge on any atom is 0.257 e. The molecule has 194 valence electrons. The molecule has 1 amide bonds. The summed E-state index contributed by atoms with van der Waals surface area (Å²) in [4.78, 5) is 24.6. The van der Waals surface area contributed by atoms with Crippen LogP contribution in [0.15, 0.2) is 59.6 Å². The predicted molar refractivity (Wildman–Crippen MR) is 143 cm³/mol. The lowest BCUT2D eigenvalue weighted by Gasteiger charge is -2.44. The number of benzene rings is 2. The summed E-state index contributed by atoms with van der Waals surface area (Å²) >= 11 is 6.25. The molecular weight excluding hydrogens is 510 g/mol. The van der Waals surface area contributed by atoms with Gasteiger partial charge in [-0.1, -0.05) is 35.9 Å². The standard InChI is InChI=1S/C27H30ClN5O3S/c1-30-37(35,36)22-7-2-4-18(14-22)25-31-16-23-24(32-25)10-13-33(26(23)34)21-8-11-27(17-29,12-9-21)19-5-3-6-20(28)15-19/h2-7,14-16,21,30H,8-13,17,29H2,1H3. The normalized spacial score (nSPS) is 22.1. The molecule has 2 heterocycles. The Morgan fingerprint density at radius 2 is 1.92 bits per heavy atom. The van der Waals surface area contributed by atoms with Crippen LogP contribution in [0.2, 0.25) is 5.02 Å². The van der Waals surface area contributed by atoms with Crippen molar-refractivity contribution < 1.29 is 13.2 Å². The second-order valence-corrected chi connectivity index (χ2v) is 12.1. The minimum atomic E-state index is -3.59. The molecule has 3 N–H and O–H groups in total. The zero-order chi connectivity index (χ0) is 26.2. The number of carbonyl (C=O) groups is 1. The maximum absolute atomic E-state index is 13.4. The molecule has 0 radical (unpaired) electrons. The fourth-order valence-corrected chi connectivity index (χ4v) is 6.54. The predicted octanol–water partition coefficient (Wildman–Crippen LogP) is 3.54. The van der Waals surface area contributed by atoms with E-state index >= 15 is 0 Å². The number of rotatable bonds is 6. The van der Waals surface area contributed by atoms with Gasteiger partial charge in [-0.3, -0.25) is 4.79 Å². The van der Waals surface area contributed by atoms with Crippen molar-refractivity contribution >= 4 is 27.5 Å². The number of amides is 1. The van der Waals surface area contributed by atoms with E-state index in [9.17, 15) is 13.2 Å². The van der Waals surface area contributed by atoms with Gasteiger partial charge in [0, 0.05) is 47.8 Å². The number of fused-ring (bicyclic) bond motifs is 1. The Morgan fingerprint density at radius 1 is 1.16 bits per heavy atom. The van der Waals surface area contributed by atoms with Gasteiger partial charge in [0.2, 0.25) is 10.0 Å². The highest BCUT2D eigenvalue weighted by molar-refractivity contribution is 7.89. The minimum Gasteiger partial charge on any atom is -0.335 e. The first-order valence-corrected chi connectivity index (χ1v) is 14.3. The van der Waals surface area contributed by atoms with Gasteiger partial charge in [-0.15, -0.1) is 0 Å². The van der Waals surface area contributed by atoms with Crippen LogP contribution in [0.1, 0.15) is 47.3 Å². The Kier molecular flexibility index (Phi) is 7.06. The van der Waals surface area contributed by atoms with Crippen LogP contribution >= 0.6 is 11.6 Å². The highest BCUT2D eigenvalue weighted by atomic mass is 35.5. The summed E-state index contributed by atoms with van der Waals surface area (Å²) < 4.78 is 26.7. The molecule has 37 heavy (non-hydrogen) atoms. The Hall–Kier alpha value is -2.85. The van der Waals surface area contributed by atoms with Crippen molar-refractivity contribution in [3.8, 4) is 11.4 Å². The number of nitrogens with zero attached hydrogens (tertiary/aromatic N) is 3. The molecule has 10 heteroatoms. The van der Waals surface area contributed by atoms with Crippen molar-refractivity contribution in [1.29, 1.82) is 0 Å². The second kappa shape index (κ2) is 10.1. The Balaban J connectivity index is 1.33. The van der Waals surface area contributed by atoms with E-state index in [-0.39, 0.29) is 22.3 Å². The first-order valence-electron chi connectivity index (χ1n) is 12.4. The summed E-state index contributed by atoms with van der Waals surface area (Å²) in [7, 11) is -2.22. The summed E-state index contributed by atoms with van der Waals surface area (Å²) in [5.74, 6) is 0.354. The van der Waals surface area contributed by atoms with Gasteiger partial charge in [0.05, 0.1) is 16.2 Å².